The first-order valence-corrected chi connectivity index (χ1v) is 25.6. The maximum Gasteiger partial charge on any atom is 0.488 e. The molecular weight excluding hydrogens is 1160 g/mol. The minimum atomic E-state index is -1.37. The number of aromatic nitrogens is 4. The van der Waals surface area contributed by atoms with E-state index in [2.05, 4.69) is 79.9 Å². The molecule has 0 unspecified atom stereocenters. The summed E-state index contributed by atoms with van der Waals surface area (Å²) in [7, 11) is -1.37. The summed E-state index contributed by atoms with van der Waals surface area (Å²) in [6.07, 6.45) is 0. The first-order chi connectivity index (χ1) is 36.6. The number of halogens is 5. The zero-order valence-electron chi connectivity index (χ0n) is 41.2. The van der Waals surface area contributed by atoms with Crippen molar-refractivity contribution in [2.45, 2.75) is 20.8 Å². The molecule has 16 heteroatoms. The number of rotatable bonds is 9. The molecule has 0 saturated carbocycles. The molecule has 0 aliphatic rings. The maximum absolute atomic E-state index is 12.9. The van der Waals surface area contributed by atoms with Crippen LogP contribution in [0.25, 0.3) is 33.8 Å². The molecule has 0 aliphatic carbocycles. The number of pyridine rings is 4. The third-order valence-electron chi connectivity index (χ3n) is 10.3. The minimum Gasteiger partial charge on any atom is -0.457 e. The van der Waals surface area contributed by atoms with Gasteiger partial charge in [0, 0.05) is 42.7 Å². The van der Waals surface area contributed by atoms with Gasteiger partial charge in [-0.1, -0.05) is 80.4 Å². The fourth-order valence-electron chi connectivity index (χ4n) is 6.57. The van der Waals surface area contributed by atoms with Gasteiger partial charge in [0.15, 0.2) is 0 Å². The Kier molecular flexibility index (Phi) is 22.3. The van der Waals surface area contributed by atoms with Gasteiger partial charge in [-0.2, -0.15) is 0 Å². The first-order valence-electron chi connectivity index (χ1n) is 23.3. The van der Waals surface area contributed by atoms with E-state index in [1.54, 1.807) is 78.9 Å². The quantitative estimate of drug-likeness (QED) is 0.0947. The van der Waals surface area contributed by atoms with Gasteiger partial charge in [0.05, 0.1) is 17.1 Å². The molecule has 76 heavy (non-hydrogen) atoms. The second-order valence-corrected chi connectivity index (χ2v) is 18.9. The summed E-state index contributed by atoms with van der Waals surface area (Å²) in [6, 6.07) is 64.5. The molecule has 0 radical (unpaired) electrons. The number of hydrogen-bond acceptors (Lipinski definition) is 9. The van der Waals surface area contributed by atoms with E-state index in [-0.39, 0.29) is 17.3 Å². The van der Waals surface area contributed by atoms with Gasteiger partial charge >= 0.3 is 7.12 Å². The van der Waals surface area contributed by atoms with Crippen LogP contribution in [0.15, 0.2) is 232 Å². The molecule has 10 aromatic rings. The largest absolute Gasteiger partial charge is 0.488 e. The molecule has 10 nitrogen and oxygen atoms in total. The number of primary amides is 1. The average Bonchev–Trinajstić information content (AvgIpc) is 3.42. The summed E-state index contributed by atoms with van der Waals surface area (Å²) >= 11 is 9.89. The molecule has 4 N–H and O–H groups in total. The van der Waals surface area contributed by atoms with E-state index in [0.29, 0.717) is 34.2 Å². The summed E-state index contributed by atoms with van der Waals surface area (Å²) in [4.78, 5) is 28.4. The van der Waals surface area contributed by atoms with E-state index < -0.39 is 13.0 Å². The Morgan fingerprint density at radius 3 is 1.11 bits per heavy atom. The van der Waals surface area contributed by atoms with Crippen molar-refractivity contribution in [2.24, 2.45) is 5.73 Å². The van der Waals surface area contributed by atoms with Gasteiger partial charge in [0.2, 0.25) is 0 Å². The first kappa shape index (κ1) is 57.6. The number of ether oxygens (including phenoxy) is 2. The molecule has 4 aromatic heterocycles. The standard InChI is InChI=1S/C18H13FN2O2.C18H14FNO.C12H10BrN.C6H6BBrO2.C6H6BrN/c19-13-6-10-15(11-7-13)23-14-8-4-12(5-9-14)16-2-1-3-17(21-16)18(20)22;1-13-3-2-4-18(20-13)14-5-9-16(10-6-14)21-17-11-7-15(19)8-12-17;1-9-3-2-4-12(14-9)10-5-7-11(13)8-6-10;8-6-3-1-5(2-4-6)7(9)10;1-5-3-2-4-6(7)8-5/h1-11H,(H2,20,22);2-12H,1H3;2-8H,1H3;1-4,9-10H;2-4H,1H3. The topological polar surface area (TPSA) is 154 Å². The Hall–Kier alpha value is -7.73. The van der Waals surface area contributed by atoms with Crippen molar-refractivity contribution >= 4 is 66.3 Å². The third kappa shape index (κ3) is 19.5. The normalized spacial score (nSPS) is 10.1. The Morgan fingerprint density at radius 1 is 0.434 bits per heavy atom. The summed E-state index contributed by atoms with van der Waals surface area (Å²) < 4.78 is 39.9. The van der Waals surface area contributed by atoms with Crippen LogP contribution in [0.3, 0.4) is 0 Å². The number of benzene rings is 6. The fourth-order valence-corrected chi connectivity index (χ4v) is 7.53. The predicted molar refractivity (Wildman–Crippen MR) is 308 cm³/mol. The molecule has 6 aromatic carbocycles. The van der Waals surface area contributed by atoms with Gasteiger partial charge < -0.3 is 25.3 Å². The smallest absolute Gasteiger partial charge is 0.457 e. The van der Waals surface area contributed by atoms with Crippen LogP contribution in [0.1, 0.15) is 27.6 Å². The summed E-state index contributed by atoms with van der Waals surface area (Å²) in [5, 5.41) is 17.3. The molecular formula is C60H49BBr3F2N5O5. The highest BCUT2D eigenvalue weighted by Crippen LogP contribution is 2.27. The van der Waals surface area contributed by atoms with Crippen LogP contribution in [0, 0.1) is 32.4 Å². The number of nitrogens with zero attached hydrogens (tertiary/aromatic N) is 4. The Balaban J connectivity index is 0.000000162. The van der Waals surface area contributed by atoms with E-state index in [1.165, 1.54) is 24.3 Å². The molecule has 4 heterocycles. The lowest BCUT2D eigenvalue weighted by Gasteiger charge is -2.07. The van der Waals surface area contributed by atoms with E-state index in [4.69, 9.17) is 25.3 Å². The van der Waals surface area contributed by atoms with Gasteiger partial charge in [-0.3, -0.25) is 14.8 Å². The van der Waals surface area contributed by atoms with Crippen molar-refractivity contribution in [3.8, 4) is 56.8 Å². The van der Waals surface area contributed by atoms with Crippen molar-refractivity contribution in [2.75, 3.05) is 0 Å². The van der Waals surface area contributed by atoms with Crippen molar-refractivity contribution in [1.29, 1.82) is 0 Å². The summed E-state index contributed by atoms with van der Waals surface area (Å²) in [5.74, 6) is 1.33. The molecule has 0 aliphatic heterocycles. The van der Waals surface area contributed by atoms with Crippen molar-refractivity contribution in [3.05, 3.63) is 266 Å². The van der Waals surface area contributed by atoms with E-state index in [9.17, 15) is 13.6 Å². The van der Waals surface area contributed by atoms with Gasteiger partial charge in [0.1, 0.15) is 44.9 Å². The van der Waals surface area contributed by atoms with Crippen LogP contribution in [0.4, 0.5) is 8.78 Å². The van der Waals surface area contributed by atoms with E-state index >= 15 is 0 Å². The molecule has 0 fully saturated rings. The van der Waals surface area contributed by atoms with Gasteiger partial charge in [0.25, 0.3) is 5.91 Å². The van der Waals surface area contributed by atoms with E-state index in [1.807, 2.05) is 124 Å². The Morgan fingerprint density at radius 2 is 0.763 bits per heavy atom. The molecule has 0 atom stereocenters. The molecule has 0 saturated heterocycles. The molecule has 382 valence electrons. The molecule has 0 spiro atoms. The lowest BCUT2D eigenvalue weighted by Crippen LogP contribution is -2.29. The van der Waals surface area contributed by atoms with Crippen molar-refractivity contribution < 1.29 is 33.1 Å². The molecule has 0 bridgehead atoms. The van der Waals surface area contributed by atoms with Gasteiger partial charge in [-0.25, -0.2) is 18.7 Å². The van der Waals surface area contributed by atoms with Crippen LogP contribution in [0.5, 0.6) is 23.0 Å². The second kappa shape index (κ2) is 29.4. The number of carbonyl (C=O) groups is 1. The highest BCUT2D eigenvalue weighted by atomic mass is 79.9. The lowest BCUT2D eigenvalue weighted by molar-refractivity contribution is 0.0995. The zero-order chi connectivity index (χ0) is 54.4. The van der Waals surface area contributed by atoms with Crippen LogP contribution in [0.2, 0.25) is 0 Å². The van der Waals surface area contributed by atoms with Gasteiger partial charge in [-0.05, 0) is 212 Å². The highest BCUT2D eigenvalue weighted by molar-refractivity contribution is 9.11. The predicted octanol–water partition coefficient (Wildman–Crippen LogP) is 14.9. The monoisotopic (exact) mass is 1210 g/mol. The van der Waals surface area contributed by atoms with Gasteiger partial charge in [-0.15, -0.1) is 0 Å². The number of nitrogens with two attached hydrogens (primary N) is 1. The number of hydrogen-bond donors (Lipinski definition) is 3. The van der Waals surface area contributed by atoms with Crippen LogP contribution in [-0.2, 0) is 0 Å². The molecule has 1 amide bonds. The number of aryl methyl sites for hydroxylation is 3. The van der Waals surface area contributed by atoms with E-state index in [0.717, 1.165) is 58.7 Å². The maximum atomic E-state index is 12.9. The van der Waals surface area contributed by atoms with Crippen molar-refractivity contribution in [1.82, 2.24) is 19.9 Å². The highest BCUT2D eigenvalue weighted by Gasteiger charge is 2.09. The third-order valence-corrected chi connectivity index (χ3v) is 11.8. The Labute approximate surface area is 465 Å². The lowest BCUT2D eigenvalue weighted by atomic mass is 9.81. The average molecular weight is 1210 g/mol. The minimum absolute atomic E-state index is 0.217. The Bertz CT molecular complexity index is 3380. The SMILES string of the molecule is Cc1cccc(-c2ccc(Br)cc2)n1.Cc1cccc(-c2ccc(Oc3ccc(F)cc3)cc2)n1.Cc1cccc(Br)n1.NC(=O)c1cccc(-c2ccc(Oc3ccc(F)cc3)cc2)n1.OB(O)c1ccc(Br)cc1. The van der Waals surface area contributed by atoms with Crippen LogP contribution < -0.4 is 20.7 Å². The second-order valence-electron chi connectivity index (χ2n) is 16.3. The van der Waals surface area contributed by atoms with Crippen molar-refractivity contribution in [3.63, 3.8) is 0 Å². The zero-order valence-corrected chi connectivity index (χ0v) is 46.0. The van der Waals surface area contributed by atoms with Crippen LogP contribution in [-0.4, -0.2) is 43.0 Å². The fraction of sp³-hybridized carbons (Fsp3) is 0.0500. The number of amides is 1. The number of carbonyl (C=O) groups excluding carboxylic acids is 1. The summed E-state index contributed by atoms with van der Waals surface area (Å²) in [6.45, 7) is 5.93. The molecule has 10 rings (SSSR count). The summed E-state index contributed by atoms with van der Waals surface area (Å²) in [5.41, 5.74) is 14.6. The van der Waals surface area contributed by atoms with Crippen LogP contribution >= 0.6 is 47.8 Å².